The molecule has 2 rings (SSSR count). The van der Waals surface area contributed by atoms with Gasteiger partial charge in [-0.05, 0) is 31.4 Å². The van der Waals surface area contributed by atoms with Crippen LogP contribution in [0, 0.1) is 5.41 Å². The van der Waals surface area contributed by atoms with Gasteiger partial charge in [0, 0.05) is 17.8 Å². The van der Waals surface area contributed by atoms with Crippen molar-refractivity contribution in [2.45, 2.75) is 39.4 Å². The molecule has 1 amide bonds. The summed E-state index contributed by atoms with van der Waals surface area (Å²) >= 11 is 0. The number of hydrogen-bond acceptors (Lipinski definition) is 5. The van der Waals surface area contributed by atoms with Crippen LogP contribution in [-0.4, -0.2) is 36.6 Å². The van der Waals surface area contributed by atoms with Crippen LogP contribution in [0.1, 0.15) is 43.6 Å². The minimum absolute atomic E-state index is 0.105. The third kappa shape index (κ3) is 5.54. The summed E-state index contributed by atoms with van der Waals surface area (Å²) in [6, 6.07) is 5.16. The van der Waals surface area contributed by atoms with Crippen molar-refractivity contribution in [2.24, 2.45) is 10.5 Å². The second-order valence-corrected chi connectivity index (χ2v) is 6.11. The molecule has 1 aliphatic rings. The number of carbonyl (C=O) groups is 1. The molecule has 0 radical (unpaired) electrons. The lowest BCUT2D eigenvalue weighted by molar-refractivity contribution is -0.223. The molecule has 1 fully saturated rings. The Labute approximate surface area is 130 Å². The van der Waals surface area contributed by atoms with Gasteiger partial charge < -0.3 is 9.47 Å². The van der Waals surface area contributed by atoms with Crippen LogP contribution < -0.4 is 5.43 Å². The van der Waals surface area contributed by atoms with Crippen LogP contribution in [0.15, 0.2) is 29.5 Å². The molecular weight excluding hydrogens is 282 g/mol. The second-order valence-electron chi connectivity index (χ2n) is 6.11. The number of hydrogen-bond donors (Lipinski definition) is 1. The Morgan fingerprint density at radius 2 is 2.23 bits per heavy atom. The van der Waals surface area contributed by atoms with Gasteiger partial charge in [0.25, 0.3) is 5.91 Å². The van der Waals surface area contributed by atoms with Crippen LogP contribution >= 0.6 is 0 Å². The molecule has 0 atom stereocenters. The molecule has 0 bridgehead atoms. The number of ether oxygens (including phenoxy) is 2. The molecule has 0 aliphatic carbocycles. The summed E-state index contributed by atoms with van der Waals surface area (Å²) in [6.07, 6.45) is 5.63. The van der Waals surface area contributed by atoms with E-state index in [0.29, 0.717) is 5.69 Å². The van der Waals surface area contributed by atoms with E-state index in [-0.39, 0.29) is 17.6 Å². The lowest BCUT2D eigenvalue weighted by Gasteiger charge is -2.34. The third-order valence-corrected chi connectivity index (χ3v) is 3.25. The quantitative estimate of drug-likeness (QED) is 0.497. The summed E-state index contributed by atoms with van der Waals surface area (Å²) in [5, 5.41) is 3.91. The Hall–Kier alpha value is -1.79. The Morgan fingerprint density at radius 1 is 1.45 bits per heavy atom. The van der Waals surface area contributed by atoms with E-state index in [0.717, 1.165) is 32.5 Å². The monoisotopic (exact) mass is 305 g/mol. The van der Waals surface area contributed by atoms with E-state index in [1.165, 1.54) is 0 Å². The first-order valence-electron chi connectivity index (χ1n) is 7.53. The molecule has 0 unspecified atom stereocenters. The van der Waals surface area contributed by atoms with Gasteiger partial charge >= 0.3 is 0 Å². The minimum Gasteiger partial charge on any atom is -0.352 e. The van der Waals surface area contributed by atoms with E-state index in [4.69, 9.17) is 9.47 Å². The minimum atomic E-state index is -0.307. The normalized spacial score (nSPS) is 18.5. The predicted octanol–water partition coefficient (Wildman–Crippen LogP) is 2.37. The summed E-state index contributed by atoms with van der Waals surface area (Å²) in [5.74, 6) is -0.307. The first-order valence-corrected chi connectivity index (χ1v) is 7.53. The fraction of sp³-hybridized carbons (Fsp3) is 0.562. The van der Waals surface area contributed by atoms with Crippen molar-refractivity contribution in [1.82, 2.24) is 10.4 Å². The van der Waals surface area contributed by atoms with Gasteiger partial charge in [0.2, 0.25) is 0 Å². The van der Waals surface area contributed by atoms with Crippen molar-refractivity contribution in [1.29, 1.82) is 0 Å². The number of carbonyl (C=O) groups excluding carboxylic acids is 1. The lowest BCUT2D eigenvalue weighted by atomic mass is 9.95. The summed E-state index contributed by atoms with van der Waals surface area (Å²) < 4.78 is 11.3. The van der Waals surface area contributed by atoms with Crippen LogP contribution in [0.3, 0.4) is 0 Å². The molecule has 1 aliphatic heterocycles. The van der Waals surface area contributed by atoms with Gasteiger partial charge in [-0.25, -0.2) is 5.43 Å². The highest BCUT2D eigenvalue weighted by Crippen LogP contribution is 2.24. The number of rotatable bonds is 6. The Bertz CT molecular complexity index is 493. The summed E-state index contributed by atoms with van der Waals surface area (Å²) in [5.41, 5.74) is 2.91. The van der Waals surface area contributed by atoms with Gasteiger partial charge in [-0.3, -0.25) is 9.78 Å². The Balaban J connectivity index is 1.58. The van der Waals surface area contributed by atoms with E-state index in [9.17, 15) is 4.79 Å². The molecule has 1 aromatic heterocycles. The standard InChI is InChI=1S/C16H23N3O3/c1-16(2)11-21-14(22-12-16)8-4-6-10-18-19-15(20)13-7-3-5-9-17-13/h3,5,7,9-10,14H,4,6,8,11-12H2,1-2H3,(H,19,20)/b18-10+. The van der Waals surface area contributed by atoms with E-state index in [2.05, 4.69) is 29.4 Å². The van der Waals surface area contributed by atoms with Crippen molar-refractivity contribution in [3.63, 3.8) is 0 Å². The highest BCUT2D eigenvalue weighted by atomic mass is 16.7. The Morgan fingerprint density at radius 3 is 2.91 bits per heavy atom. The van der Waals surface area contributed by atoms with Crippen molar-refractivity contribution in [3.8, 4) is 0 Å². The second kappa shape index (κ2) is 8.00. The summed E-state index contributed by atoms with van der Waals surface area (Å²) in [4.78, 5) is 15.6. The fourth-order valence-electron chi connectivity index (χ4n) is 1.99. The van der Waals surface area contributed by atoms with Crippen LogP contribution in [0.25, 0.3) is 0 Å². The zero-order chi connectivity index (χ0) is 15.8. The predicted molar refractivity (Wildman–Crippen MR) is 83.5 cm³/mol. The zero-order valence-corrected chi connectivity index (χ0v) is 13.1. The smallest absolute Gasteiger partial charge is 0.289 e. The highest BCUT2D eigenvalue weighted by molar-refractivity contribution is 5.92. The van der Waals surface area contributed by atoms with Crippen molar-refractivity contribution in [2.75, 3.05) is 13.2 Å². The molecule has 1 saturated heterocycles. The average Bonchev–Trinajstić information content (AvgIpc) is 2.52. The molecule has 0 aromatic carbocycles. The number of amides is 1. The third-order valence-electron chi connectivity index (χ3n) is 3.25. The van der Waals surface area contributed by atoms with E-state index in [1.807, 2.05) is 0 Å². The molecule has 0 saturated carbocycles. The largest absolute Gasteiger partial charge is 0.352 e. The summed E-state index contributed by atoms with van der Waals surface area (Å²) in [7, 11) is 0. The van der Waals surface area contributed by atoms with Crippen LogP contribution in [0.5, 0.6) is 0 Å². The zero-order valence-electron chi connectivity index (χ0n) is 13.1. The molecule has 0 spiro atoms. The topological polar surface area (TPSA) is 72.8 Å². The SMILES string of the molecule is CC1(C)COC(CCC/C=N/NC(=O)c2ccccn2)OC1. The number of hydrazone groups is 1. The number of nitrogens with one attached hydrogen (secondary N) is 1. The maximum Gasteiger partial charge on any atom is 0.289 e. The van der Waals surface area contributed by atoms with Gasteiger partial charge in [0.15, 0.2) is 6.29 Å². The molecule has 6 nitrogen and oxygen atoms in total. The molecule has 6 heteroatoms. The van der Waals surface area contributed by atoms with Gasteiger partial charge in [0.1, 0.15) is 5.69 Å². The molecule has 120 valence electrons. The van der Waals surface area contributed by atoms with Crippen LogP contribution in [-0.2, 0) is 9.47 Å². The van der Waals surface area contributed by atoms with Gasteiger partial charge in [-0.15, -0.1) is 0 Å². The number of nitrogens with zero attached hydrogens (tertiary/aromatic N) is 2. The molecular formula is C16H23N3O3. The first kappa shape index (κ1) is 16.6. The Kier molecular flexibility index (Phi) is 6.03. The maximum atomic E-state index is 11.7. The fourth-order valence-corrected chi connectivity index (χ4v) is 1.99. The van der Waals surface area contributed by atoms with Crippen molar-refractivity contribution >= 4 is 12.1 Å². The van der Waals surface area contributed by atoms with E-state index in [1.54, 1.807) is 30.6 Å². The van der Waals surface area contributed by atoms with E-state index >= 15 is 0 Å². The highest BCUT2D eigenvalue weighted by Gasteiger charge is 2.27. The molecule has 22 heavy (non-hydrogen) atoms. The summed E-state index contributed by atoms with van der Waals surface area (Å²) in [6.45, 7) is 5.71. The van der Waals surface area contributed by atoms with Crippen molar-refractivity contribution < 1.29 is 14.3 Å². The lowest BCUT2D eigenvalue weighted by Crippen LogP contribution is -2.37. The van der Waals surface area contributed by atoms with Gasteiger partial charge in [-0.2, -0.15) is 5.10 Å². The maximum absolute atomic E-state index is 11.7. The van der Waals surface area contributed by atoms with Gasteiger partial charge in [-0.1, -0.05) is 19.9 Å². The van der Waals surface area contributed by atoms with Crippen molar-refractivity contribution in [3.05, 3.63) is 30.1 Å². The van der Waals surface area contributed by atoms with Crippen LogP contribution in [0.2, 0.25) is 0 Å². The van der Waals surface area contributed by atoms with Crippen LogP contribution in [0.4, 0.5) is 0 Å². The van der Waals surface area contributed by atoms with Gasteiger partial charge in [0.05, 0.1) is 13.2 Å². The molecule has 1 aromatic rings. The molecule has 2 heterocycles. The number of pyridine rings is 1. The van der Waals surface area contributed by atoms with E-state index < -0.39 is 0 Å². The number of aromatic nitrogens is 1. The number of unbranched alkanes of at least 4 members (excludes halogenated alkanes) is 1. The first-order chi connectivity index (χ1) is 10.6. The average molecular weight is 305 g/mol. The molecule has 1 N–H and O–H groups in total.